The van der Waals surface area contributed by atoms with Crippen LogP contribution in [0.4, 0.5) is 0 Å². The predicted molar refractivity (Wildman–Crippen MR) is 86.2 cm³/mol. The van der Waals surface area contributed by atoms with E-state index in [2.05, 4.69) is 17.1 Å². The molecular formula is C14H23Cl2N3O2. The lowest BCUT2D eigenvalue weighted by Crippen LogP contribution is -2.37. The predicted octanol–water partition coefficient (Wildman–Crippen LogP) is 1.94. The van der Waals surface area contributed by atoms with Gasteiger partial charge in [-0.15, -0.1) is 24.8 Å². The van der Waals surface area contributed by atoms with Gasteiger partial charge in [0.1, 0.15) is 12.0 Å². The van der Waals surface area contributed by atoms with E-state index in [9.17, 15) is 4.79 Å². The van der Waals surface area contributed by atoms with Gasteiger partial charge in [0.2, 0.25) is 0 Å². The number of nitrogens with two attached hydrogens (primary N) is 1. The lowest BCUT2D eigenvalue weighted by atomic mass is 10.2. The normalized spacial score (nSPS) is 25.0. The Hall–Kier alpha value is -0.750. The van der Waals surface area contributed by atoms with E-state index in [1.165, 1.54) is 19.1 Å². The van der Waals surface area contributed by atoms with Crippen LogP contribution in [0.25, 0.3) is 0 Å². The first kappa shape index (κ1) is 18.3. The van der Waals surface area contributed by atoms with Crippen molar-refractivity contribution in [3.05, 3.63) is 23.7 Å². The molecule has 1 aliphatic heterocycles. The van der Waals surface area contributed by atoms with E-state index < -0.39 is 0 Å². The summed E-state index contributed by atoms with van der Waals surface area (Å²) in [6.45, 7) is 3.54. The number of carbonyl (C=O) groups excluding carboxylic acids is 1. The number of nitrogens with one attached hydrogen (secondary N) is 1. The quantitative estimate of drug-likeness (QED) is 0.881. The molecule has 0 aromatic carbocycles. The van der Waals surface area contributed by atoms with Crippen LogP contribution in [-0.4, -0.2) is 35.5 Å². The Morgan fingerprint density at radius 1 is 1.48 bits per heavy atom. The topological polar surface area (TPSA) is 71.5 Å². The zero-order chi connectivity index (χ0) is 13.4. The summed E-state index contributed by atoms with van der Waals surface area (Å²) in [6.07, 6.45) is 5.14. The highest BCUT2D eigenvalue weighted by Gasteiger charge is 2.39. The van der Waals surface area contributed by atoms with E-state index >= 15 is 0 Å². The Kier molecular flexibility index (Phi) is 6.53. The van der Waals surface area contributed by atoms with Crippen molar-refractivity contribution in [2.24, 2.45) is 5.73 Å². The third-order valence-corrected chi connectivity index (χ3v) is 4.09. The first-order chi connectivity index (χ1) is 9.17. The molecule has 0 bridgehead atoms. The summed E-state index contributed by atoms with van der Waals surface area (Å²) in [7, 11) is 0. The molecule has 3 rings (SSSR count). The highest BCUT2D eigenvalue weighted by molar-refractivity contribution is 5.94. The Morgan fingerprint density at radius 2 is 2.19 bits per heavy atom. The Bertz CT molecular complexity index is 477. The minimum Gasteiger partial charge on any atom is -0.467 e. The molecule has 2 aliphatic rings. The van der Waals surface area contributed by atoms with Crippen molar-refractivity contribution in [1.29, 1.82) is 0 Å². The van der Waals surface area contributed by atoms with E-state index in [-0.39, 0.29) is 36.8 Å². The van der Waals surface area contributed by atoms with Crippen LogP contribution < -0.4 is 11.1 Å². The van der Waals surface area contributed by atoms with Gasteiger partial charge in [0, 0.05) is 24.7 Å². The molecule has 1 saturated heterocycles. The summed E-state index contributed by atoms with van der Waals surface area (Å²) >= 11 is 0. The molecule has 1 aromatic heterocycles. The largest absolute Gasteiger partial charge is 0.467 e. The zero-order valence-corrected chi connectivity index (χ0v) is 13.7. The Labute approximate surface area is 137 Å². The molecule has 1 aromatic rings. The van der Waals surface area contributed by atoms with E-state index in [4.69, 9.17) is 10.2 Å². The van der Waals surface area contributed by atoms with Gasteiger partial charge in [-0.05, 0) is 32.3 Å². The van der Waals surface area contributed by atoms with Gasteiger partial charge >= 0.3 is 0 Å². The minimum absolute atomic E-state index is 0. The SMILES string of the molecule is CC1CC(NC(=O)c2coc(CN)c2)CN1C1CC1.Cl.Cl. The second-order valence-electron chi connectivity index (χ2n) is 5.69. The number of amides is 1. The second-order valence-corrected chi connectivity index (χ2v) is 5.69. The third-order valence-electron chi connectivity index (χ3n) is 4.09. The van der Waals surface area contributed by atoms with Crippen LogP contribution in [0.1, 0.15) is 42.3 Å². The Balaban J connectivity index is 0.00000110. The van der Waals surface area contributed by atoms with Crippen LogP contribution in [0, 0.1) is 0 Å². The fourth-order valence-corrected chi connectivity index (χ4v) is 2.95. The van der Waals surface area contributed by atoms with Crippen molar-refractivity contribution in [3.63, 3.8) is 0 Å². The van der Waals surface area contributed by atoms with Gasteiger partial charge < -0.3 is 15.5 Å². The fourth-order valence-electron chi connectivity index (χ4n) is 2.95. The molecule has 21 heavy (non-hydrogen) atoms. The average molecular weight is 336 g/mol. The second kappa shape index (κ2) is 7.49. The van der Waals surface area contributed by atoms with Gasteiger partial charge in [0.05, 0.1) is 12.1 Å². The molecule has 2 unspecified atom stereocenters. The minimum atomic E-state index is -0.0571. The number of nitrogens with zero attached hydrogens (tertiary/aromatic N) is 1. The Morgan fingerprint density at radius 3 is 2.76 bits per heavy atom. The van der Waals surface area contributed by atoms with Gasteiger partial charge in [-0.25, -0.2) is 0 Å². The first-order valence-corrected chi connectivity index (χ1v) is 7.01. The van der Waals surface area contributed by atoms with Gasteiger partial charge in [-0.1, -0.05) is 0 Å². The van der Waals surface area contributed by atoms with Gasteiger partial charge in [0.15, 0.2) is 0 Å². The summed E-state index contributed by atoms with van der Waals surface area (Å²) in [5.41, 5.74) is 6.04. The third kappa shape index (κ3) is 4.13. The number of rotatable bonds is 4. The van der Waals surface area contributed by atoms with Crippen LogP contribution in [0.3, 0.4) is 0 Å². The number of furan rings is 1. The molecule has 120 valence electrons. The maximum absolute atomic E-state index is 12.1. The molecule has 2 heterocycles. The highest BCUT2D eigenvalue weighted by Crippen LogP contribution is 2.33. The molecular weight excluding hydrogens is 313 g/mol. The monoisotopic (exact) mass is 335 g/mol. The standard InChI is InChI=1S/C14H21N3O2.2ClH/c1-9-4-11(7-17(9)12-2-3-12)16-14(18)10-5-13(6-15)19-8-10;;/h5,8-9,11-12H,2-4,6-7,15H2,1H3,(H,16,18);2*1H. The summed E-state index contributed by atoms with van der Waals surface area (Å²) in [6, 6.07) is 3.29. The summed E-state index contributed by atoms with van der Waals surface area (Å²) in [5.74, 6) is 0.586. The number of hydrogen-bond donors (Lipinski definition) is 2. The van der Waals surface area contributed by atoms with Crippen molar-refractivity contribution in [2.75, 3.05) is 6.54 Å². The van der Waals surface area contributed by atoms with Crippen molar-refractivity contribution in [2.45, 2.75) is 50.9 Å². The van der Waals surface area contributed by atoms with Crippen molar-refractivity contribution in [1.82, 2.24) is 10.2 Å². The lowest BCUT2D eigenvalue weighted by molar-refractivity contribution is 0.0937. The molecule has 0 radical (unpaired) electrons. The van der Waals surface area contributed by atoms with Crippen LogP contribution in [-0.2, 0) is 6.54 Å². The summed E-state index contributed by atoms with van der Waals surface area (Å²) < 4.78 is 5.19. The van der Waals surface area contributed by atoms with E-state index in [0.29, 0.717) is 23.9 Å². The molecule has 2 atom stereocenters. The van der Waals surface area contributed by atoms with Gasteiger partial charge in [-0.2, -0.15) is 0 Å². The molecule has 2 fully saturated rings. The van der Waals surface area contributed by atoms with Crippen LogP contribution in [0.5, 0.6) is 0 Å². The lowest BCUT2D eigenvalue weighted by Gasteiger charge is -2.19. The van der Waals surface area contributed by atoms with Crippen LogP contribution >= 0.6 is 24.8 Å². The zero-order valence-electron chi connectivity index (χ0n) is 12.1. The van der Waals surface area contributed by atoms with Crippen molar-refractivity contribution < 1.29 is 9.21 Å². The average Bonchev–Trinajstić information content (AvgIpc) is 2.99. The van der Waals surface area contributed by atoms with E-state index in [1.807, 2.05) is 0 Å². The number of carbonyl (C=O) groups is 1. The molecule has 1 saturated carbocycles. The van der Waals surface area contributed by atoms with E-state index in [1.54, 1.807) is 6.07 Å². The number of halogens is 2. The number of hydrogen-bond acceptors (Lipinski definition) is 4. The maximum atomic E-state index is 12.1. The molecule has 1 amide bonds. The summed E-state index contributed by atoms with van der Waals surface area (Å²) in [4.78, 5) is 14.6. The molecule has 5 nitrogen and oxygen atoms in total. The molecule has 3 N–H and O–H groups in total. The van der Waals surface area contributed by atoms with Crippen molar-refractivity contribution >= 4 is 30.7 Å². The van der Waals surface area contributed by atoms with Gasteiger partial charge in [0.25, 0.3) is 5.91 Å². The maximum Gasteiger partial charge on any atom is 0.254 e. The fraction of sp³-hybridized carbons (Fsp3) is 0.643. The van der Waals surface area contributed by atoms with Crippen molar-refractivity contribution in [3.8, 4) is 0 Å². The van der Waals surface area contributed by atoms with Crippen LogP contribution in [0.15, 0.2) is 16.7 Å². The van der Waals surface area contributed by atoms with Gasteiger partial charge in [-0.3, -0.25) is 9.69 Å². The first-order valence-electron chi connectivity index (χ1n) is 7.01. The smallest absolute Gasteiger partial charge is 0.254 e. The summed E-state index contributed by atoms with van der Waals surface area (Å²) in [5, 5.41) is 3.09. The molecule has 0 spiro atoms. The van der Waals surface area contributed by atoms with Crippen LogP contribution in [0.2, 0.25) is 0 Å². The molecule has 7 heteroatoms. The van der Waals surface area contributed by atoms with E-state index in [0.717, 1.165) is 19.0 Å². The highest BCUT2D eigenvalue weighted by atomic mass is 35.5. The number of likely N-dealkylation sites (tertiary alicyclic amines) is 1. The molecule has 1 aliphatic carbocycles.